The van der Waals surface area contributed by atoms with Gasteiger partial charge in [0.05, 0.1) is 7.11 Å². The summed E-state index contributed by atoms with van der Waals surface area (Å²) in [6.07, 6.45) is 0.833. The van der Waals surface area contributed by atoms with Crippen molar-refractivity contribution >= 4 is 29.5 Å². The number of nitrogens with zero attached hydrogens (tertiary/aromatic N) is 1. The minimum absolute atomic E-state index is 0.0717. The highest BCUT2D eigenvalue weighted by atomic mass is 32.2. The highest BCUT2D eigenvalue weighted by Crippen LogP contribution is 2.43. The zero-order chi connectivity index (χ0) is 20.7. The van der Waals surface area contributed by atoms with Crippen LogP contribution in [0.4, 0.5) is 0 Å². The standard InChI is InChI=1S/C20H21N3O5S/c1-28-14-5-3-2-4-10(14)8-12(11-6-7-22-17(11)24)13-9-29-19-15(21)18(25)23(19)16(13)20(26)27/h2-5,15,19H,6-9,21H2,1H3,(H,22,24)(H,26,27)/t15-,19-/m1/s1. The van der Waals surface area contributed by atoms with E-state index in [4.69, 9.17) is 10.5 Å². The molecule has 152 valence electrons. The normalized spacial score (nSPS) is 25.4. The van der Waals surface area contributed by atoms with Crippen LogP contribution in [0.1, 0.15) is 12.0 Å². The van der Waals surface area contributed by atoms with E-state index < -0.39 is 17.9 Å². The highest BCUT2D eigenvalue weighted by Gasteiger charge is 2.52. The first-order valence-corrected chi connectivity index (χ1v) is 10.3. The van der Waals surface area contributed by atoms with Gasteiger partial charge in [0.15, 0.2) is 0 Å². The lowest BCUT2D eigenvalue weighted by molar-refractivity contribution is -0.147. The Kier molecular flexibility index (Phi) is 5.10. The number of rotatable bonds is 5. The van der Waals surface area contributed by atoms with Crippen LogP contribution in [0.25, 0.3) is 0 Å². The lowest BCUT2D eigenvalue weighted by Crippen LogP contribution is -2.68. The fourth-order valence-electron chi connectivity index (χ4n) is 3.99. The van der Waals surface area contributed by atoms with Crippen molar-refractivity contribution in [2.24, 2.45) is 5.73 Å². The van der Waals surface area contributed by atoms with Gasteiger partial charge < -0.3 is 20.9 Å². The third-order valence-electron chi connectivity index (χ3n) is 5.43. The van der Waals surface area contributed by atoms with Crippen molar-refractivity contribution in [3.8, 4) is 5.75 Å². The number of hydrogen-bond donors (Lipinski definition) is 3. The Morgan fingerprint density at radius 2 is 2.14 bits per heavy atom. The molecule has 3 aliphatic rings. The number of ether oxygens (including phenoxy) is 1. The summed E-state index contributed by atoms with van der Waals surface area (Å²) in [6.45, 7) is 0.503. The van der Waals surface area contributed by atoms with E-state index in [-0.39, 0.29) is 17.0 Å². The van der Waals surface area contributed by atoms with Crippen LogP contribution in [0.15, 0.2) is 46.7 Å². The van der Waals surface area contributed by atoms with Crippen LogP contribution in [-0.4, -0.2) is 58.6 Å². The van der Waals surface area contributed by atoms with E-state index in [0.29, 0.717) is 47.6 Å². The Morgan fingerprint density at radius 3 is 2.79 bits per heavy atom. The summed E-state index contributed by atoms with van der Waals surface area (Å²) < 4.78 is 5.44. The molecule has 0 saturated carbocycles. The van der Waals surface area contributed by atoms with Crippen molar-refractivity contribution in [2.45, 2.75) is 24.3 Å². The topological polar surface area (TPSA) is 122 Å². The maximum atomic E-state index is 12.5. The first-order valence-electron chi connectivity index (χ1n) is 9.23. The van der Waals surface area contributed by atoms with Crippen LogP contribution in [0.5, 0.6) is 5.75 Å². The molecule has 3 heterocycles. The number of para-hydroxylation sites is 1. The molecule has 0 aliphatic carbocycles. The molecule has 4 N–H and O–H groups in total. The maximum Gasteiger partial charge on any atom is 0.352 e. The molecule has 2 amide bonds. The molecule has 9 heteroatoms. The van der Waals surface area contributed by atoms with Gasteiger partial charge in [0.2, 0.25) is 11.8 Å². The predicted molar refractivity (Wildman–Crippen MR) is 107 cm³/mol. The monoisotopic (exact) mass is 415 g/mol. The van der Waals surface area contributed by atoms with Gasteiger partial charge in [-0.2, -0.15) is 0 Å². The third-order valence-corrected chi connectivity index (χ3v) is 6.74. The molecule has 0 spiro atoms. The number of aliphatic carboxylic acids is 1. The average Bonchev–Trinajstić information content (AvgIpc) is 3.16. The highest BCUT2D eigenvalue weighted by molar-refractivity contribution is 8.00. The van der Waals surface area contributed by atoms with Gasteiger partial charge >= 0.3 is 5.97 Å². The number of β-lactam (4-membered cyclic amide) rings is 1. The number of fused-ring (bicyclic) bond motifs is 1. The maximum absolute atomic E-state index is 12.5. The summed E-state index contributed by atoms with van der Waals surface area (Å²) >= 11 is 1.42. The average molecular weight is 415 g/mol. The lowest BCUT2D eigenvalue weighted by atomic mass is 9.90. The molecule has 4 rings (SSSR count). The summed E-state index contributed by atoms with van der Waals surface area (Å²) in [5.41, 5.74) is 8.31. The summed E-state index contributed by atoms with van der Waals surface area (Å²) in [4.78, 5) is 38.2. The third kappa shape index (κ3) is 3.20. The summed E-state index contributed by atoms with van der Waals surface area (Å²) in [6, 6.07) is 6.72. The van der Waals surface area contributed by atoms with Gasteiger partial charge in [0, 0.05) is 24.3 Å². The van der Waals surface area contributed by atoms with E-state index in [0.717, 1.165) is 5.56 Å². The van der Waals surface area contributed by atoms with E-state index >= 15 is 0 Å². The first-order chi connectivity index (χ1) is 13.9. The van der Waals surface area contributed by atoms with Gasteiger partial charge in [-0.05, 0) is 29.2 Å². The number of allylic oxidation sites excluding steroid dienone is 1. The van der Waals surface area contributed by atoms with E-state index in [1.54, 1.807) is 7.11 Å². The van der Waals surface area contributed by atoms with Crippen molar-refractivity contribution in [3.05, 3.63) is 52.2 Å². The Morgan fingerprint density at radius 1 is 1.38 bits per heavy atom. The van der Waals surface area contributed by atoms with Crippen LogP contribution in [0.2, 0.25) is 0 Å². The van der Waals surface area contributed by atoms with Gasteiger partial charge in [-0.15, -0.1) is 11.8 Å². The molecule has 1 aromatic carbocycles. The number of carbonyl (C=O) groups excluding carboxylic acids is 2. The summed E-state index contributed by atoms with van der Waals surface area (Å²) in [5.74, 6) is -0.780. The predicted octanol–water partition coefficient (Wildman–Crippen LogP) is 0.635. The second-order valence-corrected chi connectivity index (χ2v) is 8.12. The molecule has 1 aromatic rings. The zero-order valence-corrected chi connectivity index (χ0v) is 16.6. The molecule has 3 aliphatic heterocycles. The Labute approximate surface area is 171 Å². The lowest BCUT2D eigenvalue weighted by Gasteiger charge is -2.48. The van der Waals surface area contributed by atoms with Crippen LogP contribution >= 0.6 is 11.8 Å². The SMILES string of the molecule is COc1ccccc1CC(=C1CCNC1=O)C1=C(C(=O)O)N2C(=O)[C@@H](N)[C@H]2SC1. The molecular formula is C20H21N3O5S. The number of hydrogen-bond acceptors (Lipinski definition) is 6. The molecule has 2 atom stereocenters. The van der Waals surface area contributed by atoms with E-state index in [2.05, 4.69) is 5.32 Å². The molecule has 2 fully saturated rings. The number of amides is 2. The molecule has 29 heavy (non-hydrogen) atoms. The summed E-state index contributed by atoms with van der Waals surface area (Å²) in [7, 11) is 1.57. The fraction of sp³-hybridized carbons (Fsp3) is 0.350. The first kappa shape index (κ1) is 19.5. The Bertz CT molecular complexity index is 971. The number of thioether (sulfide) groups is 1. The van der Waals surface area contributed by atoms with E-state index in [9.17, 15) is 19.5 Å². The van der Waals surface area contributed by atoms with Crippen molar-refractivity contribution < 1.29 is 24.2 Å². The van der Waals surface area contributed by atoms with E-state index in [1.807, 2.05) is 24.3 Å². The quantitative estimate of drug-likeness (QED) is 0.476. The van der Waals surface area contributed by atoms with Crippen molar-refractivity contribution in [1.29, 1.82) is 0 Å². The molecule has 0 unspecified atom stereocenters. The van der Waals surface area contributed by atoms with Crippen LogP contribution < -0.4 is 15.8 Å². The molecule has 8 nitrogen and oxygen atoms in total. The number of nitrogens with one attached hydrogen (secondary N) is 1. The van der Waals surface area contributed by atoms with Crippen LogP contribution in [0.3, 0.4) is 0 Å². The van der Waals surface area contributed by atoms with Gasteiger partial charge in [-0.3, -0.25) is 14.5 Å². The Hall–Kier alpha value is -2.78. The smallest absolute Gasteiger partial charge is 0.352 e. The van der Waals surface area contributed by atoms with Crippen LogP contribution in [0, 0.1) is 0 Å². The van der Waals surface area contributed by atoms with Gasteiger partial charge in [0.1, 0.15) is 22.9 Å². The molecule has 0 aromatic heterocycles. The van der Waals surface area contributed by atoms with Crippen molar-refractivity contribution in [1.82, 2.24) is 10.2 Å². The number of benzene rings is 1. The number of methoxy groups -OCH3 is 1. The van der Waals surface area contributed by atoms with E-state index in [1.165, 1.54) is 16.7 Å². The van der Waals surface area contributed by atoms with Gasteiger partial charge in [0.25, 0.3) is 0 Å². The molecule has 0 bridgehead atoms. The van der Waals surface area contributed by atoms with Gasteiger partial charge in [-0.1, -0.05) is 18.2 Å². The number of carbonyl (C=O) groups is 3. The zero-order valence-electron chi connectivity index (χ0n) is 15.8. The second-order valence-electron chi connectivity index (χ2n) is 7.02. The largest absolute Gasteiger partial charge is 0.496 e. The van der Waals surface area contributed by atoms with Crippen molar-refractivity contribution in [3.63, 3.8) is 0 Å². The number of carboxylic acids is 1. The molecular weight excluding hydrogens is 394 g/mol. The number of nitrogens with two attached hydrogens (primary N) is 1. The second kappa shape index (κ2) is 7.57. The minimum Gasteiger partial charge on any atom is -0.496 e. The van der Waals surface area contributed by atoms with Gasteiger partial charge in [-0.25, -0.2) is 4.79 Å². The fourth-order valence-corrected chi connectivity index (χ4v) is 5.32. The molecule has 0 radical (unpaired) electrons. The van der Waals surface area contributed by atoms with Crippen LogP contribution in [-0.2, 0) is 20.8 Å². The number of carboxylic acid groups (broad SMARTS) is 1. The summed E-state index contributed by atoms with van der Waals surface area (Å²) in [5, 5.41) is 12.3. The Balaban J connectivity index is 1.86. The van der Waals surface area contributed by atoms with Crippen molar-refractivity contribution in [2.75, 3.05) is 19.4 Å². The minimum atomic E-state index is -1.19. The molecule has 2 saturated heterocycles.